The summed E-state index contributed by atoms with van der Waals surface area (Å²) in [6, 6.07) is 8.62. The van der Waals surface area contributed by atoms with Gasteiger partial charge in [-0.2, -0.15) is 4.68 Å². The number of benzene rings is 1. The van der Waals surface area contributed by atoms with Crippen molar-refractivity contribution >= 4 is 55.0 Å². The lowest BCUT2D eigenvalue weighted by molar-refractivity contribution is 0.740. The van der Waals surface area contributed by atoms with Crippen molar-refractivity contribution in [1.82, 2.24) is 20.0 Å². The van der Waals surface area contributed by atoms with Crippen LogP contribution in [0.25, 0.3) is 26.1 Å². The molecule has 0 saturated heterocycles. The SMILES string of the molecule is O=c1c2sc3ncc(Cl)cc3c2nnn1-c1cccc(Cl)c1. The molecule has 0 bridgehead atoms. The Hall–Kier alpha value is -2.02. The molecular weight excluding hydrogens is 343 g/mol. The Morgan fingerprint density at radius 3 is 2.82 bits per heavy atom. The lowest BCUT2D eigenvalue weighted by atomic mass is 10.3. The number of nitrogens with zero attached hydrogens (tertiary/aromatic N) is 4. The Morgan fingerprint density at radius 1 is 1.14 bits per heavy atom. The van der Waals surface area contributed by atoms with Crippen molar-refractivity contribution in [2.24, 2.45) is 0 Å². The summed E-state index contributed by atoms with van der Waals surface area (Å²) in [6.07, 6.45) is 1.54. The Morgan fingerprint density at radius 2 is 2.00 bits per heavy atom. The number of rotatable bonds is 1. The van der Waals surface area contributed by atoms with Gasteiger partial charge in [0.2, 0.25) is 0 Å². The van der Waals surface area contributed by atoms with E-state index < -0.39 is 0 Å². The van der Waals surface area contributed by atoms with E-state index in [1.54, 1.807) is 36.5 Å². The first kappa shape index (κ1) is 13.6. The van der Waals surface area contributed by atoms with Gasteiger partial charge in [-0.3, -0.25) is 4.79 Å². The van der Waals surface area contributed by atoms with E-state index in [0.717, 1.165) is 5.39 Å². The van der Waals surface area contributed by atoms with E-state index in [1.165, 1.54) is 16.0 Å². The van der Waals surface area contributed by atoms with Crippen LogP contribution in [0, 0.1) is 0 Å². The summed E-state index contributed by atoms with van der Waals surface area (Å²) in [4.78, 5) is 17.6. The molecule has 4 aromatic rings. The number of halogens is 2. The molecule has 0 unspecified atom stereocenters. The average Bonchev–Trinajstić information content (AvgIpc) is 2.87. The van der Waals surface area contributed by atoms with Crippen molar-refractivity contribution < 1.29 is 0 Å². The Balaban J connectivity index is 2.06. The first-order valence-corrected chi connectivity index (χ1v) is 7.80. The predicted molar refractivity (Wildman–Crippen MR) is 88.3 cm³/mol. The first-order chi connectivity index (χ1) is 10.6. The molecule has 0 atom stereocenters. The molecule has 4 rings (SSSR count). The van der Waals surface area contributed by atoms with Crippen molar-refractivity contribution in [2.45, 2.75) is 0 Å². The maximum atomic E-state index is 12.7. The number of thiophene rings is 1. The highest BCUT2D eigenvalue weighted by atomic mass is 35.5. The van der Waals surface area contributed by atoms with E-state index in [0.29, 0.717) is 30.8 Å². The lowest BCUT2D eigenvalue weighted by Gasteiger charge is -2.03. The molecule has 8 heteroatoms. The van der Waals surface area contributed by atoms with Crippen molar-refractivity contribution in [3.63, 3.8) is 0 Å². The highest BCUT2D eigenvalue weighted by Crippen LogP contribution is 2.30. The summed E-state index contributed by atoms with van der Waals surface area (Å²) < 4.78 is 1.71. The van der Waals surface area contributed by atoms with Gasteiger partial charge in [0.05, 0.1) is 10.7 Å². The fourth-order valence-electron chi connectivity index (χ4n) is 2.19. The van der Waals surface area contributed by atoms with Crippen molar-refractivity contribution in [3.8, 4) is 5.69 Å². The fourth-order valence-corrected chi connectivity index (χ4v) is 3.52. The van der Waals surface area contributed by atoms with Gasteiger partial charge >= 0.3 is 0 Å². The largest absolute Gasteiger partial charge is 0.292 e. The van der Waals surface area contributed by atoms with E-state index in [4.69, 9.17) is 23.2 Å². The molecule has 0 saturated carbocycles. The minimum atomic E-state index is -0.258. The van der Waals surface area contributed by atoms with Gasteiger partial charge in [-0.1, -0.05) is 34.5 Å². The molecule has 5 nitrogen and oxygen atoms in total. The highest BCUT2D eigenvalue weighted by molar-refractivity contribution is 7.25. The highest BCUT2D eigenvalue weighted by Gasteiger charge is 2.14. The summed E-state index contributed by atoms with van der Waals surface area (Å²) in [6.45, 7) is 0. The summed E-state index contributed by atoms with van der Waals surface area (Å²) in [5.74, 6) is 0. The Bertz CT molecular complexity index is 1090. The zero-order valence-electron chi connectivity index (χ0n) is 10.8. The molecule has 0 N–H and O–H groups in total. The van der Waals surface area contributed by atoms with Crippen LogP contribution in [-0.4, -0.2) is 20.0 Å². The van der Waals surface area contributed by atoms with Crippen molar-refractivity contribution in [1.29, 1.82) is 0 Å². The second-order valence-corrected chi connectivity index (χ2v) is 6.44. The maximum Gasteiger partial charge on any atom is 0.292 e. The van der Waals surface area contributed by atoms with Crippen molar-refractivity contribution in [3.05, 3.63) is 56.9 Å². The molecule has 3 aromatic heterocycles. The average molecular weight is 349 g/mol. The van der Waals surface area contributed by atoms with Crippen LogP contribution in [0.3, 0.4) is 0 Å². The topological polar surface area (TPSA) is 60.7 Å². The standard InChI is InChI=1S/C14H6Cl2N4OS/c15-7-2-1-3-9(4-7)20-14(21)12-11(18-19-20)10-5-8(16)6-17-13(10)22-12/h1-6H. The third-order valence-electron chi connectivity index (χ3n) is 3.16. The normalized spacial score (nSPS) is 11.4. The minimum Gasteiger partial charge on any atom is -0.266 e. The van der Waals surface area contributed by atoms with E-state index in [9.17, 15) is 4.79 Å². The van der Waals surface area contributed by atoms with E-state index >= 15 is 0 Å². The van der Waals surface area contributed by atoms with Crippen LogP contribution in [0.15, 0.2) is 41.3 Å². The fraction of sp³-hybridized carbons (Fsp3) is 0. The van der Waals surface area contributed by atoms with Gasteiger partial charge in [0, 0.05) is 16.6 Å². The molecule has 0 aliphatic heterocycles. The quantitative estimate of drug-likeness (QED) is 0.526. The molecule has 0 radical (unpaired) electrons. The number of hydrogen-bond acceptors (Lipinski definition) is 5. The smallest absolute Gasteiger partial charge is 0.266 e. The van der Waals surface area contributed by atoms with Gasteiger partial charge in [0.15, 0.2) is 0 Å². The maximum absolute atomic E-state index is 12.7. The molecule has 0 aliphatic rings. The lowest BCUT2D eigenvalue weighted by Crippen LogP contribution is -2.21. The number of hydrogen-bond donors (Lipinski definition) is 0. The van der Waals surface area contributed by atoms with E-state index in [-0.39, 0.29) is 5.56 Å². The van der Waals surface area contributed by atoms with Gasteiger partial charge in [-0.05, 0) is 24.3 Å². The van der Waals surface area contributed by atoms with Crippen LogP contribution in [0.1, 0.15) is 0 Å². The van der Waals surface area contributed by atoms with Crippen LogP contribution in [0.2, 0.25) is 10.0 Å². The molecular formula is C14H6Cl2N4OS. The summed E-state index contributed by atoms with van der Waals surface area (Å²) in [7, 11) is 0. The van der Waals surface area contributed by atoms with E-state index in [2.05, 4.69) is 15.3 Å². The van der Waals surface area contributed by atoms with Gasteiger partial charge in [0.25, 0.3) is 5.56 Å². The molecule has 1 aromatic carbocycles. The molecule has 22 heavy (non-hydrogen) atoms. The molecule has 0 amide bonds. The van der Waals surface area contributed by atoms with Gasteiger partial charge in [-0.15, -0.1) is 16.4 Å². The third kappa shape index (κ3) is 2.08. The predicted octanol–water partition coefficient (Wildman–Crippen LogP) is 3.70. The molecule has 0 fully saturated rings. The van der Waals surface area contributed by atoms with Crippen LogP contribution >= 0.6 is 34.5 Å². The summed E-state index contributed by atoms with van der Waals surface area (Å²) >= 11 is 13.2. The second kappa shape index (κ2) is 5.01. The number of aromatic nitrogens is 4. The minimum absolute atomic E-state index is 0.258. The van der Waals surface area contributed by atoms with Gasteiger partial charge in [-0.25, -0.2) is 4.98 Å². The molecule has 3 heterocycles. The first-order valence-electron chi connectivity index (χ1n) is 6.23. The van der Waals surface area contributed by atoms with Crippen molar-refractivity contribution in [2.75, 3.05) is 0 Å². The summed E-state index contributed by atoms with van der Waals surface area (Å²) in [5, 5.41) is 9.91. The zero-order valence-corrected chi connectivity index (χ0v) is 13.2. The Kier molecular flexibility index (Phi) is 3.11. The van der Waals surface area contributed by atoms with Crippen LogP contribution in [0.5, 0.6) is 0 Å². The van der Waals surface area contributed by atoms with Gasteiger partial charge in [0.1, 0.15) is 15.0 Å². The molecule has 0 aliphatic carbocycles. The van der Waals surface area contributed by atoms with E-state index in [1.807, 2.05) is 0 Å². The second-order valence-electron chi connectivity index (χ2n) is 4.57. The monoisotopic (exact) mass is 348 g/mol. The third-order valence-corrected chi connectivity index (χ3v) is 4.69. The van der Waals surface area contributed by atoms with Crippen LogP contribution in [0.4, 0.5) is 0 Å². The summed E-state index contributed by atoms with van der Waals surface area (Å²) in [5.41, 5.74) is 0.819. The van der Waals surface area contributed by atoms with Gasteiger partial charge < -0.3 is 0 Å². The number of fused-ring (bicyclic) bond motifs is 3. The Labute approximate surface area is 137 Å². The van der Waals surface area contributed by atoms with Crippen LogP contribution < -0.4 is 5.56 Å². The number of pyridine rings is 1. The molecule has 0 spiro atoms. The zero-order chi connectivity index (χ0) is 15.3. The van der Waals surface area contributed by atoms with Crippen LogP contribution in [-0.2, 0) is 0 Å². The molecule has 108 valence electrons.